The summed E-state index contributed by atoms with van der Waals surface area (Å²) >= 11 is 0. The van der Waals surface area contributed by atoms with Gasteiger partial charge in [0.05, 0.1) is 38.1 Å². The molecule has 3 aliphatic rings. The first-order valence-electron chi connectivity index (χ1n) is 13.0. The monoisotopic (exact) mass is 601 g/mol. The molecule has 3 saturated heterocycles. The Labute approximate surface area is 233 Å². The Bertz CT molecular complexity index is 881. The van der Waals surface area contributed by atoms with Crippen molar-refractivity contribution in [2.45, 2.75) is 105 Å². The topological polar surface area (TPSA) is 295 Å². The van der Waals surface area contributed by atoms with Crippen molar-refractivity contribution in [1.82, 2.24) is 5.32 Å². The van der Waals surface area contributed by atoms with Crippen molar-refractivity contribution < 1.29 is 84.3 Å². The van der Waals surface area contributed by atoms with E-state index in [1.807, 2.05) is 0 Å². The van der Waals surface area contributed by atoms with Crippen molar-refractivity contribution in [2.24, 2.45) is 0 Å². The van der Waals surface area contributed by atoms with Gasteiger partial charge in [-0.25, -0.2) is 4.79 Å². The predicted octanol–water partition coefficient (Wildman–Crippen LogP) is -6.51. The van der Waals surface area contributed by atoms with Crippen molar-refractivity contribution in [2.75, 3.05) is 26.4 Å². The molecule has 0 bridgehead atoms. The second-order valence-electron chi connectivity index (χ2n) is 10.2. The summed E-state index contributed by atoms with van der Waals surface area (Å²) < 4.78 is 27.5. The molecule has 0 spiro atoms. The van der Waals surface area contributed by atoms with Crippen LogP contribution in [0.25, 0.3) is 0 Å². The van der Waals surface area contributed by atoms with Crippen molar-refractivity contribution in [3.05, 3.63) is 0 Å². The van der Waals surface area contributed by atoms with Crippen LogP contribution in [-0.2, 0) is 33.3 Å². The third-order valence-corrected chi connectivity index (χ3v) is 7.32. The van der Waals surface area contributed by atoms with Gasteiger partial charge in [0.2, 0.25) is 5.91 Å². The molecule has 0 radical (unpaired) electrons. The quantitative estimate of drug-likeness (QED) is 0.105. The lowest BCUT2D eigenvalue weighted by Gasteiger charge is -2.50. The normalized spacial score (nSPS) is 43.2. The van der Waals surface area contributed by atoms with Crippen LogP contribution < -0.4 is 5.32 Å². The zero-order chi connectivity index (χ0) is 30.6. The average molecular weight is 602 g/mol. The van der Waals surface area contributed by atoms with Gasteiger partial charge >= 0.3 is 5.97 Å². The van der Waals surface area contributed by atoms with Gasteiger partial charge in [-0.1, -0.05) is 0 Å². The van der Waals surface area contributed by atoms with Crippen LogP contribution in [0.5, 0.6) is 0 Å². The van der Waals surface area contributed by atoms with Crippen molar-refractivity contribution >= 4 is 11.9 Å². The molecule has 0 aromatic carbocycles. The summed E-state index contributed by atoms with van der Waals surface area (Å²) in [6.45, 7) is -1.28. The Balaban J connectivity index is 1.91. The number of aliphatic carboxylic acids is 1. The Morgan fingerprint density at radius 1 is 1.02 bits per heavy atom. The van der Waals surface area contributed by atoms with Gasteiger partial charge in [0.1, 0.15) is 54.9 Å². The molecule has 0 aromatic rings. The molecule has 11 N–H and O–H groups in total. The Morgan fingerprint density at radius 2 is 1.68 bits per heavy atom. The maximum absolute atomic E-state index is 12.5. The molecule has 0 aromatic heterocycles. The number of aliphatic hydroxyl groups is 9. The molecule has 1 amide bonds. The number of rotatable bonds is 11. The molecule has 3 fully saturated rings. The van der Waals surface area contributed by atoms with Crippen LogP contribution in [0.15, 0.2) is 0 Å². The third-order valence-electron chi connectivity index (χ3n) is 7.32. The average Bonchev–Trinajstić information content (AvgIpc) is 2.93. The van der Waals surface area contributed by atoms with Crippen molar-refractivity contribution in [3.8, 4) is 0 Å². The van der Waals surface area contributed by atoms with Gasteiger partial charge in [-0.15, -0.1) is 0 Å². The third kappa shape index (κ3) is 7.31. The van der Waals surface area contributed by atoms with Crippen LogP contribution >= 0.6 is 0 Å². The molecule has 0 unspecified atom stereocenters. The fourth-order valence-electron chi connectivity index (χ4n) is 5.10. The second-order valence-corrected chi connectivity index (χ2v) is 10.2. The molecular weight excluding hydrogens is 562 g/mol. The molecule has 18 nitrogen and oxygen atoms in total. The van der Waals surface area contributed by atoms with Crippen LogP contribution in [0.3, 0.4) is 0 Å². The van der Waals surface area contributed by atoms with E-state index in [4.69, 9.17) is 23.7 Å². The minimum atomic E-state index is -2.93. The number of nitrogens with one attached hydrogen (secondary N) is 1. The van der Waals surface area contributed by atoms with E-state index >= 15 is 0 Å². The minimum absolute atomic E-state index is 0.0640. The number of hydrogen-bond acceptors (Lipinski definition) is 16. The van der Waals surface area contributed by atoms with Crippen LogP contribution in [-0.4, -0.2) is 175 Å². The molecule has 0 saturated carbocycles. The van der Waals surface area contributed by atoms with E-state index in [9.17, 15) is 60.7 Å². The minimum Gasteiger partial charge on any atom is -0.477 e. The summed E-state index contributed by atoms with van der Waals surface area (Å²) in [5, 5.41) is 105. The van der Waals surface area contributed by atoms with Gasteiger partial charge in [-0.3, -0.25) is 4.79 Å². The Hall–Kier alpha value is -1.62. The Morgan fingerprint density at radius 3 is 2.24 bits per heavy atom. The lowest BCUT2D eigenvalue weighted by atomic mass is 9.88. The summed E-state index contributed by atoms with van der Waals surface area (Å²) in [6.07, 6.45) is -21.0. The van der Waals surface area contributed by atoms with Crippen LogP contribution in [0.2, 0.25) is 0 Å². The molecule has 18 heteroatoms. The van der Waals surface area contributed by atoms with Crippen molar-refractivity contribution in [1.29, 1.82) is 0 Å². The second kappa shape index (κ2) is 14.2. The Kier molecular flexibility index (Phi) is 11.8. The predicted molar refractivity (Wildman–Crippen MR) is 128 cm³/mol. The first kappa shape index (κ1) is 33.9. The van der Waals surface area contributed by atoms with Crippen LogP contribution in [0.1, 0.15) is 19.8 Å². The standard InChI is InChI=1S/C23H39NO17/c1-8(28)24-14-9(29)4-23(22(35)36,40-19(14)15(31)10(30)5-25)41-20-17(33)13(7-27)39-21(18(20)34)38-11-2-3-37-12(6-26)16(11)32/h9-21,25-27,29-34H,2-7H2,1H3,(H,24,28)(H,35,36)/t9-,10+,11+,12+,13+,14+,15+,16+,17-,18+,19+,20-,21+,23-/m0/s1. The zero-order valence-corrected chi connectivity index (χ0v) is 22.1. The van der Waals surface area contributed by atoms with Crippen molar-refractivity contribution in [3.63, 3.8) is 0 Å². The lowest BCUT2D eigenvalue weighted by Crippen LogP contribution is -2.70. The van der Waals surface area contributed by atoms with E-state index in [0.717, 1.165) is 6.92 Å². The van der Waals surface area contributed by atoms with E-state index < -0.39 is 123 Å². The van der Waals surface area contributed by atoms with Gasteiger partial charge in [-0.05, 0) is 6.42 Å². The van der Waals surface area contributed by atoms with Gasteiger partial charge in [0.25, 0.3) is 5.79 Å². The summed E-state index contributed by atoms with van der Waals surface area (Å²) in [7, 11) is 0. The number of carbonyl (C=O) groups excluding carboxylic acids is 1. The van der Waals surface area contributed by atoms with E-state index in [-0.39, 0.29) is 13.0 Å². The maximum Gasteiger partial charge on any atom is 0.364 e. The highest BCUT2D eigenvalue weighted by atomic mass is 16.8. The fraction of sp³-hybridized carbons (Fsp3) is 0.913. The largest absolute Gasteiger partial charge is 0.477 e. The SMILES string of the molecule is CC(=O)N[C@H]1[C@H]([C@H](O)[C@H](O)CO)O[C@@](O[C@H]2[C@@H](O)[C@@H](CO)O[C@@H](O[C@@H]3CCO[C@H](CO)[C@@H]3O)[C@@H]2O)(C(=O)O)C[C@@H]1O. The first-order valence-corrected chi connectivity index (χ1v) is 13.0. The van der Waals surface area contributed by atoms with E-state index in [2.05, 4.69) is 5.32 Å². The summed E-state index contributed by atoms with van der Waals surface area (Å²) in [5.74, 6) is -5.54. The molecule has 3 aliphatic heterocycles. The highest BCUT2D eigenvalue weighted by molar-refractivity contribution is 5.76. The number of aliphatic hydroxyl groups excluding tert-OH is 9. The highest BCUT2D eigenvalue weighted by Gasteiger charge is 2.59. The number of hydrogen-bond donors (Lipinski definition) is 11. The van der Waals surface area contributed by atoms with E-state index in [1.165, 1.54) is 0 Å². The molecule has 41 heavy (non-hydrogen) atoms. The number of carboxylic acid groups (broad SMARTS) is 1. The smallest absolute Gasteiger partial charge is 0.364 e. The number of ether oxygens (including phenoxy) is 5. The molecular formula is C23H39NO17. The number of carbonyl (C=O) groups is 2. The van der Waals surface area contributed by atoms with E-state index in [1.54, 1.807) is 0 Å². The van der Waals surface area contributed by atoms with Gasteiger partial charge in [0, 0.05) is 20.0 Å². The van der Waals surface area contributed by atoms with Crippen LogP contribution in [0, 0.1) is 0 Å². The molecule has 3 heterocycles. The number of carboxylic acids is 1. The first-order chi connectivity index (χ1) is 19.3. The summed E-state index contributed by atoms with van der Waals surface area (Å²) in [4.78, 5) is 24.2. The fourth-order valence-corrected chi connectivity index (χ4v) is 5.10. The molecule has 14 atom stereocenters. The van der Waals surface area contributed by atoms with E-state index in [0.29, 0.717) is 0 Å². The maximum atomic E-state index is 12.5. The van der Waals surface area contributed by atoms with Crippen LogP contribution in [0.4, 0.5) is 0 Å². The lowest BCUT2D eigenvalue weighted by molar-refractivity contribution is -0.376. The zero-order valence-electron chi connectivity index (χ0n) is 22.1. The molecule has 0 aliphatic carbocycles. The van der Waals surface area contributed by atoms with Gasteiger partial charge < -0.3 is 80.1 Å². The van der Waals surface area contributed by atoms with Gasteiger partial charge in [-0.2, -0.15) is 0 Å². The summed E-state index contributed by atoms with van der Waals surface area (Å²) in [6, 6.07) is -1.49. The molecule has 238 valence electrons. The molecule has 3 rings (SSSR count). The highest BCUT2D eigenvalue weighted by Crippen LogP contribution is 2.38. The summed E-state index contributed by atoms with van der Waals surface area (Å²) in [5.41, 5.74) is 0. The van der Waals surface area contributed by atoms with Gasteiger partial charge in [0.15, 0.2) is 6.29 Å². The number of amides is 1.